The van der Waals surface area contributed by atoms with Gasteiger partial charge < -0.3 is 19.3 Å². The summed E-state index contributed by atoms with van der Waals surface area (Å²) >= 11 is 1.71. The highest BCUT2D eigenvalue weighted by Crippen LogP contribution is 2.33. The SMILES string of the molecule is OCCOCCSc1ccc2c(c1)OCCCO2. The Morgan fingerprint density at radius 2 is 2.00 bits per heavy atom. The summed E-state index contributed by atoms with van der Waals surface area (Å²) < 4.78 is 16.4. The van der Waals surface area contributed by atoms with Crippen LogP contribution in [-0.2, 0) is 4.74 Å². The summed E-state index contributed by atoms with van der Waals surface area (Å²) in [7, 11) is 0. The van der Waals surface area contributed by atoms with Gasteiger partial charge in [0.2, 0.25) is 0 Å². The molecule has 4 nitrogen and oxygen atoms in total. The molecule has 1 aromatic carbocycles. The van der Waals surface area contributed by atoms with Gasteiger partial charge in [-0.2, -0.15) is 0 Å². The van der Waals surface area contributed by atoms with Gasteiger partial charge in [0.1, 0.15) is 0 Å². The second kappa shape index (κ2) is 7.51. The Bertz CT molecular complexity index is 370. The van der Waals surface area contributed by atoms with Gasteiger partial charge in [0.25, 0.3) is 0 Å². The molecule has 0 aromatic heterocycles. The van der Waals surface area contributed by atoms with E-state index in [2.05, 4.69) is 0 Å². The van der Waals surface area contributed by atoms with Crippen molar-refractivity contribution in [2.45, 2.75) is 11.3 Å². The average Bonchev–Trinajstić information content (AvgIpc) is 2.63. The van der Waals surface area contributed by atoms with Crippen molar-refractivity contribution < 1.29 is 19.3 Å². The number of hydrogen-bond acceptors (Lipinski definition) is 5. The van der Waals surface area contributed by atoms with Crippen LogP contribution in [0.25, 0.3) is 0 Å². The molecule has 1 heterocycles. The first kappa shape index (κ1) is 13.5. The standard InChI is InChI=1S/C13H18O4S/c14-4-7-15-8-9-18-11-2-3-12-13(10-11)17-6-1-5-16-12/h2-3,10,14H,1,4-9H2. The monoisotopic (exact) mass is 270 g/mol. The van der Waals surface area contributed by atoms with Crippen molar-refractivity contribution in [3.05, 3.63) is 18.2 Å². The number of thioether (sulfide) groups is 1. The van der Waals surface area contributed by atoms with E-state index in [1.807, 2.05) is 18.2 Å². The van der Waals surface area contributed by atoms with Crippen LogP contribution in [0, 0.1) is 0 Å². The Morgan fingerprint density at radius 3 is 2.83 bits per heavy atom. The first-order valence-electron chi connectivity index (χ1n) is 6.11. The lowest BCUT2D eigenvalue weighted by Gasteiger charge is -2.09. The highest BCUT2D eigenvalue weighted by atomic mass is 32.2. The number of aliphatic hydroxyl groups excluding tert-OH is 1. The number of hydrogen-bond donors (Lipinski definition) is 1. The lowest BCUT2D eigenvalue weighted by molar-refractivity contribution is 0.103. The van der Waals surface area contributed by atoms with Gasteiger partial charge >= 0.3 is 0 Å². The fourth-order valence-electron chi connectivity index (χ4n) is 1.62. The summed E-state index contributed by atoms with van der Waals surface area (Å²) in [5, 5.41) is 8.58. The summed E-state index contributed by atoms with van der Waals surface area (Å²) in [5.74, 6) is 2.52. The maximum absolute atomic E-state index is 8.58. The van der Waals surface area contributed by atoms with Gasteiger partial charge in [-0.3, -0.25) is 0 Å². The number of benzene rings is 1. The average molecular weight is 270 g/mol. The molecule has 1 N–H and O–H groups in total. The highest BCUT2D eigenvalue weighted by Gasteiger charge is 2.10. The Morgan fingerprint density at radius 1 is 1.17 bits per heavy atom. The normalized spacial score (nSPS) is 14.3. The van der Waals surface area contributed by atoms with Crippen molar-refractivity contribution >= 4 is 11.8 Å². The zero-order valence-electron chi connectivity index (χ0n) is 10.3. The topological polar surface area (TPSA) is 47.9 Å². The molecule has 5 heteroatoms. The minimum Gasteiger partial charge on any atom is -0.490 e. The van der Waals surface area contributed by atoms with Crippen LogP contribution in [0.15, 0.2) is 23.1 Å². The van der Waals surface area contributed by atoms with Crippen molar-refractivity contribution in [3.8, 4) is 11.5 Å². The minimum absolute atomic E-state index is 0.0781. The smallest absolute Gasteiger partial charge is 0.162 e. The van der Waals surface area contributed by atoms with E-state index in [0.717, 1.165) is 28.6 Å². The molecule has 0 bridgehead atoms. The molecule has 0 fully saturated rings. The molecule has 18 heavy (non-hydrogen) atoms. The van der Waals surface area contributed by atoms with Gasteiger partial charge in [-0.1, -0.05) is 0 Å². The van der Waals surface area contributed by atoms with E-state index in [-0.39, 0.29) is 6.61 Å². The third kappa shape index (κ3) is 4.08. The molecule has 0 aliphatic carbocycles. The summed E-state index contributed by atoms with van der Waals surface area (Å²) in [6, 6.07) is 6.00. The van der Waals surface area contributed by atoms with Crippen LogP contribution in [0.4, 0.5) is 0 Å². The molecule has 0 spiro atoms. The predicted octanol–water partition coefficient (Wildman–Crippen LogP) is 1.95. The van der Waals surface area contributed by atoms with Gasteiger partial charge in [-0.15, -0.1) is 11.8 Å². The Labute approximate surface area is 111 Å². The first-order chi connectivity index (χ1) is 8.90. The van der Waals surface area contributed by atoms with Crippen LogP contribution in [0.3, 0.4) is 0 Å². The minimum atomic E-state index is 0.0781. The molecule has 2 rings (SSSR count). The molecule has 0 saturated carbocycles. The second-order valence-corrected chi connectivity index (χ2v) is 5.01. The highest BCUT2D eigenvalue weighted by molar-refractivity contribution is 7.99. The molecule has 100 valence electrons. The van der Waals surface area contributed by atoms with Gasteiger partial charge in [0, 0.05) is 17.1 Å². The van der Waals surface area contributed by atoms with Crippen LogP contribution in [0.1, 0.15) is 6.42 Å². The van der Waals surface area contributed by atoms with Crippen molar-refractivity contribution in [1.82, 2.24) is 0 Å². The number of rotatable bonds is 6. The Balaban J connectivity index is 1.84. The lowest BCUT2D eigenvalue weighted by atomic mass is 10.3. The number of aliphatic hydroxyl groups is 1. The van der Waals surface area contributed by atoms with E-state index in [1.54, 1.807) is 11.8 Å². The molecule has 0 unspecified atom stereocenters. The van der Waals surface area contributed by atoms with E-state index < -0.39 is 0 Å². The van der Waals surface area contributed by atoms with E-state index in [4.69, 9.17) is 19.3 Å². The summed E-state index contributed by atoms with van der Waals surface area (Å²) in [5.41, 5.74) is 0. The fourth-order valence-corrected chi connectivity index (χ4v) is 2.41. The van der Waals surface area contributed by atoms with Crippen molar-refractivity contribution in [1.29, 1.82) is 0 Å². The van der Waals surface area contributed by atoms with Crippen LogP contribution < -0.4 is 9.47 Å². The van der Waals surface area contributed by atoms with Gasteiger partial charge in [-0.05, 0) is 18.2 Å². The van der Waals surface area contributed by atoms with E-state index in [1.165, 1.54) is 0 Å². The molecular formula is C13H18O4S. The fraction of sp³-hybridized carbons (Fsp3) is 0.538. The molecule has 0 radical (unpaired) electrons. The van der Waals surface area contributed by atoms with Crippen molar-refractivity contribution in [2.24, 2.45) is 0 Å². The summed E-state index contributed by atoms with van der Waals surface area (Å²) in [6.45, 7) is 2.55. The van der Waals surface area contributed by atoms with Crippen LogP contribution in [0.2, 0.25) is 0 Å². The molecule has 1 aromatic rings. The number of fused-ring (bicyclic) bond motifs is 1. The predicted molar refractivity (Wildman–Crippen MR) is 70.7 cm³/mol. The van der Waals surface area contributed by atoms with Crippen LogP contribution in [0.5, 0.6) is 11.5 Å². The largest absolute Gasteiger partial charge is 0.490 e. The molecule has 0 atom stereocenters. The molecule has 0 amide bonds. The van der Waals surface area contributed by atoms with Gasteiger partial charge in [0.05, 0.1) is 33.0 Å². The Kier molecular flexibility index (Phi) is 5.64. The number of ether oxygens (including phenoxy) is 3. The van der Waals surface area contributed by atoms with E-state index >= 15 is 0 Å². The zero-order chi connectivity index (χ0) is 12.6. The second-order valence-electron chi connectivity index (χ2n) is 3.84. The molecule has 1 aliphatic heterocycles. The quantitative estimate of drug-likeness (QED) is 0.632. The first-order valence-corrected chi connectivity index (χ1v) is 7.10. The van der Waals surface area contributed by atoms with Gasteiger partial charge in [0.15, 0.2) is 11.5 Å². The van der Waals surface area contributed by atoms with Crippen LogP contribution >= 0.6 is 11.8 Å². The van der Waals surface area contributed by atoms with E-state index in [9.17, 15) is 0 Å². The third-order valence-electron chi connectivity index (χ3n) is 2.45. The summed E-state index contributed by atoms with van der Waals surface area (Å²) in [6.07, 6.45) is 0.923. The molecule has 0 saturated heterocycles. The van der Waals surface area contributed by atoms with Crippen LogP contribution in [-0.4, -0.2) is 43.9 Å². The van der Waals surface area contributed by atoms with Gasteiger partial charge in [-0.25, -0.2) is 0 Å². The molecular weight excluding hydrogens is 252 g/mol. The van der Waals surface area contributed by atoms with Crippen molar-refractivity contribution in [3.63, 3.8) is 0 Å². The van der Waals surface area contributed by atoms with Crippen molar-refractivity contribution in [2.75, 3.05) is 38.8 Å². The lowest BCUT2D eigenvalue weighted by Crippen LogP contribution is -2.02. The third-order valence-corrected chi connectivity index (χ3v) is 3.41. The maximum Gasteiger partial charge on any atom is 0.162 e. The molecule has 1 aliphatic rings. The summed E-state index contributed by atoms with van der Waals surface area (Å²) in [4.78, 5) is 1.15. The Hall–Kier alpha value is -0.910. The van der Waals surface area contributed by atoms with E-state index in [0.29, 0.717) is 26.4 Å². The maximum atomic E-state index is 8.58. The zero-order valence-corrected chi connectivity index (χ0v) is 11.1.